The van der Waals surface area contributed by atoms with E-state index in [9.17, 15) is 0 Å². The van der Waals surface area contributed by atoms with Crippen LogP contribution in [0.5, 0.6) is 0 Å². The fourth-order valence-corrected chi connectivity index (χ4v) is 2.48. The molecule has 2 N–H and O–H groups in total. The second-order valence-electron chi connectivity index (χ2n) is 4.52. The molecule has 0 amide bonds. The van der Waals surface area contributed by atoms with Crippen molar-refractivity contribution in [3.05, 3.63) is 24.0 Å². The lowest BCUT2D eigenvalue weighted by Gasteiger charge is -2.15. The molecule has 1 aliphatic carbocycles. The average molecular weight is 192 g/mol. The van der Waals surface area contributed by atoms with Crippen LogP contribution in [0.15, 0.2) is 18.3 Å². The van der Waals surface area contributed by atoms with Gasteiger partial charge in [-0.1, -0.05) is 12.8 Å². The molecule has 2 rings (SSSR count). The van der Waals surface area contributed by atoms with Crippen LogP contribution in [0.4, 0.5) is 0 Å². The van der Waals surface area contributed by atoms with Crippen LogP contribution >= 0.6 is 0 Å². The molecule has 0 spiro atoms. The lowest BCUT2D eigenvalue weighted by Crippen LogP contribution is -2.15. The molecule has 0 bridgehead atoms. The third kappa shape index (κ3) is 2.01. The molecule has 0 aromatic carbocycles. The summed E-state index contributed by atoms with van der Waals surface area (Å²) in [7, 11) is 0. The number of nitrogens with zero attached hydrogens (tertiary/aromatic N) is 1. The van der Waals surface area contributed by atoms with Gasteiger partial charge in [-0.3, -0.25) is 0 Å². The van der Waals surface area contributed by atoms with E-state index in [1.165, 1.54) is 37.9 Å². The molecule has 0 saturated heterocycles. The molecule has 1 aliphatic rings. The zero-order valence-corrected chi connectivity index (χ0v) is 8.95. The Morgan fingerprint density at radius 1 is 1.50 bits per heavy atom. The number of hydrogen-bond donors (Lipinski definition) is 1. The van der Waals surface area contributed by atoms with Crippen molar-refractivity contribution in [2.24, 2.45) is 11.7 Å². The van der Waals surface area contributed by atoms with Gasteiger partial charge in [-0.05, 0) is 37.8 Å². The van der Waals surface area contributed by atoms with Crippen LogP contribution in [0.2, 0.25) is 0 Å². The first kappa shape index (κ1) is 9.78. The Balaban J connectivity index is 2.04. The highest BCUT2D eigenvalue weighted by atomic mass is 15.0. The highest BCUT2D eigenvalue weighted by Gasteiger charge is 2.16. The van der Waals surface area contributed by atoms with Crippen molar-refractivity contribution < 1.29 is 0 Å². The van der Waals surface area contributed by atoms with Crippen LogP contribution in [0.25, 0.3) is 0 Å². The van der Waals surface area contributed by atoms with E-state index < -0.39 is 0 Å². The number of hydrogen-bond acceptors (Lipinski definition) is 1. The molecule has 1 fully saturated rings. The lowest BCUT2D eigenvalue weighted by atomic mass is 10.1. The predicted octanol–water partition coefficient (Wildman–Crippen LogP) is 2.70. The van der Waals surface area contributed by atoms with Crippen molar-refractivity contribution in [2.45, 2.75) is 45.2 Å². The summed E-state index contributed by atoms with van der Waals surface area (Å²) in [5.41, 5.74) is 7.19. The Morgan fingerprint density at radius 2 is 2.21 bits per heavy atom. The Kier molecular flexibility index (Phi) is 2.92. The van der Waals surface area contributed by atoms with Gasteiger partial charge in [0.25, 0.3) is 0 Å². The van der Waals surface area contributed by atoms with Crippen LogP contribution in [0, 0.1) is 5.92 Å². The maximum Gasteiger partial charge on any atom is 0.0421 e. The summed E-state index contributed by atoms with van der Waals surface area (Å²) in [6.07, 6.45) is 7.79. The fourth-order valence-electron chi connectivity index (χ4n) is 2.48. The minimum Gasteiger partial charge on any atom is -0.350 e. The van der Waals surface area contributed by atoms with Gasteiger partial charge < -0.3 is 10.3 Å². The minimum absolute atomic E-state index is 0.159. The predicted molar refractivity (Wildman–Crippen MR) is 59.0 cm³/mol. The first-order valence-corrected chi connectivity index (χ1v) is 5.68. The molecular formula is C12H20N2. The van der Waals surface area contributed by atoms with Crippen LogP contribution < -0.4 is 5.73 Å². The first-order valence-electron chi connectivity index (χ1n) is 5.68. The van der Waals surface area contributed by atoms with Gasteiger partial charge in [0.1, 0.15) is 0 Å². The van der Waals surface area contributed by atoms with Gasteiger partial charge in [-0.2, -0.15) is 0 Å². The lowest BCUT2D eigenvalue weighted by molar-refractivity contribution is 0.444. The highest BCUT2D eigenvalue weighted by molar-refractivity contribution is 5.10. The zero-order valence-electron chi connectivity index (χ0n) is 8.95. The summed E-state index contributed by atoms with van der Waals surface area (Å²) < 4.78 is 2.33. The molecule has 1 aromatic rings. The van der Waals surface area contributed by atoms with Crippen LogP contribution in [0.1, 0.15) is 44.3 Å². The zero-order chi connectivity index (χ0) is 9.97. The van der Waals surface area contributed by atoms with Gasteiger partial charge in [-0.25, -0.2) is 0 Å². The second-order valence-corrected chi connectivity index (χ2v) is 4.52. The summed E-state index contributed by atoms with van der Waals surface area (Å²) >= 11 is 0. The van der Waals surface area contributed by atoms with Gasteiger partial charge in [0.05, 0.1) is 0 Å². The van der Waals surface area contributed by atoms with Crippen LogP contribution in [-0.4, -0.2) is 4.57 Å². The van der Waals surface area contributed by atoms with E-state index in [0.717, 1.165) is 5.92 Å². The Morgan fingerprint density at radius 3 is 2.86 bits per heavy atom. The quantitative estimate of drug-likeness (QED) is 0.784. The molecule has 1 saturated carbocycles. The van der Waals surface area contributed by atoms with Gasteiger partial charge in [0.2, 0.25) is 0 Å². The van der Waals surface area contributed by atoms with Gasteiger partial charge in [0, 0.05) is 24.5 Å². The largest absolute Gasteiger partial charge is 0.350 e. The monoisotopic (exact) mass is 192 g/mol. The maximum absolute atomic E-state index is 5.91. The summed E-state index contributed by atoms with van der Waals surface area (Å²) in [5, 5.41) is 0. The normalized spacial score (nSPS) is 20.1. The molecule has 78 valence electrons. The number of aromatic nitrogens is 1. The third-order valence-electron chi connectivity index (χ3n) is 3.26. The molecule has 1 heterocycles. The minimum atomic E-state index is 0.159. The Bertz CT molecular complexity index is 282. The smallest absolute Gasteiger partial charge is 0.0421 e. The average Bonchev–Trinajstić information content (AvgIpc) is 2.75. The molecule has 14 heavy (non-hydrogen) atoms. The second kappa shape index (κ2) is 4.18. The van der Waals surface area contributed by atoms with Crippen molar-refractivity contribution in [1.82, 2.24) is 4.57 Å². The van der Waals surface area contributed by atoms with Crippen molar-refractivity contribution in [1.29, 1.82) is 0 Å². The Labute approximate surface area is 86.1 Å². The van der Waals surface area contributed by atoms with E-state index in [0.29, 0.717) is 0 Å². The van der Waals surface area contributed by atoms with Crippen molar-refractivity contribution in [3.63, 3.8) is 0 Å². The van der Waals surface area contributed by atoms with Crippen LogP contribution in [-0.2, 0) is 6.54 Å². The third-order valence-corrected chi connectivity index (χ3v) is 3.26. The van der Waals surface area contributed by atoms with E-state index in [4.69, 9.17) is 5.73 Å². The molecule has 0 aliphatic heterocycles. The molecule has 2 heteroatoms. The number of nitrogens with two attached hydrogens (primary N) is 1. The maximum atomic E-state index is 5.91. The molecular weight excluding hydrogens is 172 g/mol. The topological polar surface area (TPSA) is 30.9 Å². The molecule has 1 atom stereocenters. The standard InChI is InChI=1S/C12H20N2/c1-10(13)12-7-4-8-14(12)9-11-5-2-3-6-11/h4,7-8,10-11H,2-3,5-6,9,13H2,1H3. The number of rotatable bonds is 3. The van der Waals surface area contributed by atoms with E-state index in [1.807, 2.05) is 0 Å². The molecule has 0 radical (unpaired) electrons. The van der Waals surface area contributed by atoms with Crippen molar-refractivity contribution in [2.75, 3.05) is 0 Å². The van der Waals surface area contributed by atoms with Crippen LogP contribution in [0.3, 0.4) is 0 Å². The van der Waals surface area contributed by atoms with Gasteiger partial charge in [0.15, 0.2) is 0 Å². The fraction of sp³-hybridized carbons (Fsp3) is 0.667. The van der Waals surface area contributed by atoms with E-state index >= 15 is 0 Å². The van der Waals surface area contributed by atoms with E-state index in [-0.39, 0.29) is 6.04 Å². The van der Waals surface area contributed by atoms with Crippen molar-refractivity contribution >= 4 is 0 Å². The summed E-state index contributed by atoms with van der Waals surface area (Å²) in [5.74, 6) is 0.889. The Hall–Kier alpha value is -0.760. The highest BCUT2D eigenvalue weighted by Crippen LogP contribution is 2.27. The summed E-state index contributed by atoms with van der Waals surface area (Å²) in [4.78, 5) is 0. The van der Waals surface area contributed by atoms with Crippen molar-refractivity contribution in [3.8, 4) is 0 Å². The van der Waals surface area contributed by atoms with E-state index in [2.05, 4.69) is 29.8 Å². The van der Waals surface area contributed by atoms with Gasteiger partial charge in [-0.15, -0.1) is 0 Å². The molecule has 2 nitrogen and oxygen atoms in total. The first-order chi connectivity index (χ1) is 6.77. The summed E-state index contributed by atoms with van der Waals surface area (Å²) in [6, 6.07) is 4.40. The van der Waals surface area contributed by atoms with E-state index in [1.54, 1.807) is 0 Å². The summed E-state index contributed by atoms with van der Waals surface area (Å²) in [6.45, 7) is 3.23. The van der Waals surface area contributed by atoms with Gasteiger partial charge >= 0.3 is 0 Å². The SMILES string of the molecule is CC(N)c1cccn1CC1CCCC1. The molecule has 1 unspecified atom stereocenters. The molecule has 1 aromatic heterocycles.